The van der Waals surface area contributed by atoms with Crippen molar-refractivity contribution in [2.45, 2.75) is 13.5 Å². The minimum atomic E-state index is 0.374. The van der Waals surface area contributed by atoms with Crippen LogP contribution in [0.4, 0.5) is 5.69 Å². The molecule has 2 rings (SSSR count). The topological polar surface area (TPSA) is 51.0 Å². The number of rotatable bonds is 3. The molecule has 0 spiro atoms. The molecule has 0 aliphatic rings. The fraction of sp³-hybridized carbons (Fsp3) is 0.200. The average Bonchev–Trinajstić information content (AvgIpc) is 2.68. The van der Waals surface area contributed by atoms with Crippen molar-refractivity contribution in [3.05, 3.63) is 39.0 Å². The van der Waals surface area contributed by atoms with Crippen LogP contribution in [-0.2, 0) is 6.54 Å². The highest BCUT2D eigenvalue weighted by atomic mass is 35.5. The number of anilines is 1. The minimum Gasteiger partial charge on any atom is -0.424 e. The normalized spacial score (nSPS) is 10.6. The Morgan fingerprint density at radius 1 is 1.12 bits per heavy atom. The van der Waals surface area contributed by atoms with E-state index in [4.69, 9.17) is 39.2 Å². The lowest BCUT2D eigenvalue weighted by molar-refractivity contribution is 0.475. The second-order valence-corrected chi connectivity index (χ2v) is 4.54. The molecule has 1 aromatic heterocycles. The van der Waals surface area contributed by atoms with Gasteiger partial charge in [-0.3, -0.25) is 0 Å². The highest BCUT2D eigenvalue weighted by Gasteiger charge is 2.07. The van der Waals surface area contributed by atoms with Crippen LogP contribution in [0, 0.1) is 6.92 Å². The van der Waals surface area contributed by atoms with E-state index in [9.17, 15) is 0 Å². The fourth-order valence-corrected chi connectivity index (χ4v) is 1.85. The van der Waals surface area contributed by atoms with Crippen LogP contribution in [0.1, 0.15) is 11.8 Å². The number of benzene rings is 1. The monoisotopic (exact) mass is 291 g/mol. The summed E-state index contributed by atoms with van der Waals surface area (Å²) < 4.78 is 5.21. The highest BCUT2D eigenvalue weighted by Crippen LogP contribution is 2.32. The zero-order valence-corrected chi connectivity index (χ0v) is 11.1. The molecule has 0 radical (unpaired) electrons. The SMILES string of the molecule is Cc1nnc(CNc2cc(Cl)c(Cl)cc2Cl)o1. The summed E-state index contributed by atoms with van der Waals surface area (Å²) in [6, 6.07) is 3.22. The molecule has 0 bridgehead atoms. The van der Waals surface area contributed by atoms with Gasteiger partial charge in [-0.1, -0.05) is 34.8 Å². The van der Waals surface area contributed by atoms with Crippen molar-refractivity contribution >= 4 is 40.5 Å². The molecule has 0 atom stereocenters. The number of aryl methyl sites for hydroxylation is 1. The Kier molecular flexibility index (Phi) is 3.76. The summed E-state index contributed by atoms with van der Waals surface area (Å²) in [4.78, 5) is 0. The molecule has 0 unspecified atom stereocenters. The van der Waals surface area contributed by atoms with E-state index in [-0.39, 0.29) is 0 Å². The lowest BCUT2D eigenvalue weighted by Crippen LogP contribution is -2.00. The van der Waals surface area contributed by atoms with Gasteiger partial charge in [-0.15, -0.1) is 10.2 Å². The average molecular weight is 293 g/mol. The van der Waals surface area contributed by atoms with Gasteiger partial charge >= 0.3 is 0 Å². The van der Waals surface area contributed by atoms with Gasteiger partial charge in [-0.25, -0.2) is 0 Å². The predicted octanol–water partition coefficient (Wildman–Crippen LogP) is 3.95. The van der Waals surface area contributed by atoms with Gasteiger partial charge in [0, 0.05) is 6.92 Å². The van der Waals surface area contributed by atoms with E-state index in [2.05, 4.69) is 15.5 Å². The first-order valence-corrected chi connectivity index (χ1v) is 5.87. The first-order valence-electron chi connectivity index (χ1n) is 4.73. The van der Waals surface area contributed by atoms with Gasteiger partial charge in [0.15, 0.2) is 0 Å². The van der Waals surface area contributed by atoms with Crippen molar-refractivity contribution in [3.8, 4) is 0 Å². The molecule has 7 heteroatoms. The summed E-state index contributed by atoms with van der Waals surface area (Å²) in [5, 5.41) is 11.9. The van der Waals surface area contributed by atoms with Crippen LogP contribution >= 0.6 is 34.8 Å². The number of hydrogen-bond acceptors (Lipinski definition) is 4. The molecule has 0 saturated heterocycles. The van der Waals surface area contributed by atoms with Crippen LogP contribution in [-0.4, -0.2) is 10.2 Å². The summed E-state index contributed by atoms with van der Waals surface area (Å²) >= 11 is 17.7. The predicted molar refractivity (Wildman–Crippen MR) is 67.8 cm³/mol. The molecule has 1 heterocycles. The van der Waals surface area contributed by atoms with E-state index in [0.717, 1.165) is 0 Å². The maximum absolute atomic E-state index is 6.00. The number of halogens is 3. The summed E-state index contributed by atoms with van der Waals surface area (Å²) in [5.74, 6) is 0.992. The van der Waals surface area contributed by atoms with E-state index >= 15 is 0 Å². The molecule has 0 fully saturated rings. The van der Waals surface area contributed by atoms with Gasteiger partial charge in [0.2, 0.25) is 11.8 Å². The summed E-state index contributed by atoms with van der Waals surface area (Å²) in [6.45, 7) is 2.10. The Bertz CT molecular complexity index is 542. The van der Waals surface area contributed by atoms with Crippen molar-refractivity contribution in [1.29, 1.82) is 0 Å². The number of hydrogen-bond donors (Lipinski definition) is 1. The van der Waals surface area contributed by atoms with Crippen LogP contribution in [0.5, 0.6) is 0 Å². The second kappa shape index (κ2) is 5.12. The molecule has 0 amide bonds. The van der Waals surface area contributed by atoms with E-state index < -0.39 is 0 Å². The van der Waals surface area contributed by atoms with E-state index in [1.165, 1.54) is 0 Å². The smallest absolute Gasteiger partial charge is 0.235 e. The highest BCUT2D eigenvalue weighted by molar-refractivity contribution is 6.44. The first-order chi connectivity index (χ1) is 8.06. The Balaban J connectivity index is 2.11. The molecule has 1 N–H and O–H groups in total. The largest absolute Gasteiger partial charge is 0.424 e. The molecule has 1 aromatic carbocycles. The van der Waals surface area contributed by atoms with Gasteiger partial charge in [-0.05, 0) is 12.1 Å². The van der Waals surface area contributed by atoms with Crippen molar-refractivity contribution < 1.29 is 4.42 Å². The Labute approximate surface area is 113 Å². The zero-order valence-electron chi connectivity index (χ0n) is 8.80. The third-order valence-electron chi connectivity index (χ3n) is 2.01. The van der Waals surface area contributed by atoms with Gasteiger partial charge in [0.05, 0.1) is 27.3 Å². The standard InChI is InChI=1S/C10H8Cl3N3O/c1-5-15-16-10(17-5)4-14-9-3-7(12)6(11)2-8(9)13/h2-3,14H,4H2,1H3. The number of nitrogens with zero attached hydrogens (tertiary/aromatic N) is 2. The van der Waals surface area contributed by atoms with Crippen LogP contribution in [0.25, 0.3) is 0 Å². The number of aromatic nitrogens is 2. The van der Waals surface area contributed by atoms with Gasteiger partial charge in [0.25, 0.3) is 0 Å². The molecule has 2 aromatic rings. The molecular formula is C10H8Cl3N3O. The molecule has 0 aliphatic carbocycles. The van der Waals surface area contributed by atoms with Gasteiger partial charge < -0.3 is 9.73 Å². The Morgan fingerprint density at radius 2 is 1.82 bits per heavy atom. The van der Waals surface area contributed by atoms with Crippen molar-refractivity contribution in [1.82, 2.24) is 10.2 Å². The van der Waals surface area contributed by atoms with Crippen LogP contribution in [0.3, 0.4) is 0 Å². The first kappa shape index (κ1) is 12.5. The van der Waals surface area contributed by atoms with E-state index in [1.807, 2.05) is 0 Å². The van der Waals surface area contributed by atoms with Gasteiger partial charge in [-0.2, -0.15) is 0 Å². The maximum Gasteiger partial charge on any atom is 0.235 e. The van der Waals surface area contributed by atoms with Crippen LogP contribution in [0.2, 0.25) is 15.1 Å². The molecule has 17 heavy (non-hydrogen) atoms. The maximum atomic E-state index is 6.00. The second-order valence-electron chi connectivity index (χ2n) is 3.31. The molecule has 4 nitrogen and oxygen atoms in total. The minimum absolute atomic E-state index is 0.374. The van der Waals surface area contributed by atoms with Crippen LogP contribution in [0.15, 0.2) is 16.5 Å². The van der Waals surface area contributed by atoms with Crippen molar-refractivity contribution in [3.63, 3.8) is 0 Å². The lowest BCUT2D eigenvalue weighted by atomic mass is 10.3. The van der Waals surface area contributed by atoms with Gasteiger partial charge in [0.1, 0.15) is 0 Å². The summed E-state index contributed by atoms with van der Waals surface area (Å²) in [6.07, 6.45) is 0. The lowest BCUT2D eigenvalue weighted by Gasteiger charge is -2.07. The van der Waals surface area contributed by atoms with E-state index in [0.29, 0.717) is 39.1 Å². The van der Waals surface area contributed by atoms with Crippen molar-refractivity contribution in [2.75, 3.05) is 5.32 Å². The Morgan fingerprint density at radius 3 is 2.47 bits per heavy atom. The molecule has 0 aliphatic heterocycles. The fourth-order valence-electron chi connectivity index (χ4n) is 1.24. The zero-order chi connectivity index (χ0) is 12.4. The third-order valence-corrected chi connectivity index (χ3v) is 3.04. The Hall–Kier alpha value is -0.970. The molecule has 0 saturated carbocycles. The third kappa shape index (κ3) is 3.03. The molecular weight excluding hydrogens is 284 g/mol. The number of nitrogens with one attached hydrogen (secondary N) is 1. The molecule has 90 valence electrons. The summed E-state index contributed by atoms with van der Waals surface area (Å²) in [5.41, 5.74) is 0.664. The quantitative estimate of drug-likeness (QED) is 0.870. The van der Waals surface area contributed by atoms with E-state index in [1.54, 1.807) is 19.1 Å². The van der Waals surface area contributed by atoms with Crippen molar-refractivity contribution in [2.24, 2.45) is 0 Å². The van der Waals surface area contributed by atoms with Crippen LogP contribution < -0.4 is 5.32 Å². The summed E-state index contributed by atoms with van der Waals surface area (Å²) in [7, 11) is 0.